The van der Waals surface area contributed by atoms with Crippen molar-refractivity contribution in [2.24, 2.45) is 0 Å². The zero-order chi connectivity index (χ0) is 22.5. The molecule has 1 aliphatic rings. The highest BCUT2D eigenvalue weighted by molar-refractivity contribution is 5.91. The lowest BCUT2D eigenvalue weighted by Gasteiger charge is -2.22. The number of anilines is 1. The van der Waals surface area contributed by atoms with Crippen LogP contribution in [0.3, 0.4) is 0 Å². The highest BCUT2D eigenvalue weighted by Gasteiger charge is 2.23. The van der Waals surface area contributed by atoms with Crippen molar-refractivity contribution in [2.75, 3.05) is 12.1 Å². The van der Waals surface area contributed by atoms with E-state index in [1.54, 1.807) is 18.6 Å². The van der Waals surface area contributed by atoms with Crippen molar-refractivity contribution in [1.82, 2.24) is 20.1 Å². The molecule has 33 heavy (non-hydrogen) atoms. The fraction of sp³-hybridized carbons (Fsp3) is 0.0800. The molecule has 0 unspecified atom stereocenters. The molecule has 2 N–H and O–H groups in total. The largest absolute Gasteiger partial charge is 0.459 e. The first-order valence-electron chi connectivity index (χ1n) is 10.4. The number of aromatic amines is 1. The normalized spacial score (nSPS) is 12.4. The Morgan fingerprint density at radius 1 is 1.03 bits per heavy atom. The molecule has 0 saturated carbocycles. The van der Waals surface area contributed by atoms with E-state index in [0.717, 1.165) is 27.9 Å². The Morgan fingerprint density at radius 2 is 1.88 bits per heavy atom. The van der Waals surface area contributed by atoms with Crippen LogP contribution in [0.5, 0.6) is 0 Å². The van der Waals surface area contributed by atoms with E-state index in [0.29, 0.717) is 18.1 Å². The van der Waals surface area contributed by atoms with E-state index in [9.17, 15) is 4.79 Å². The Morgan fingerprint density at radius 3 is 2.67 bits per heavy atom. The number of aromatic nitrogens is 3. The molecule has 0 radical (unpaired) electrons. The van der Waals surface area contributed by atoms with E-state index in [-0.39, 0.29) is 12.8 Å². The molecule has 2 aromatic heterocycles. The first kappa shape index (κ1) is 20.3. The second kappa shape index (κ2) is 9.27. The summed E-state index contributed by atoms with van der Waals surface area (Å²) >= 11 is 0. The number of pyridine rings is 1. The molecule has 1 aliphatic heterocycles. The Hall–Kier alpha value is -4.59. The number of urea groups is 1. The zero-order valence-corrected chi connectivity index (χ0v) is 17.6. The van der Waals surface area contributed by atoms with Crippen LogP contribution in [0.15, 0.2) is 97.5 Å². The van der Waals surface area contributed by atoms with Crippen LogP contribution in [0.25, 0.3) is 22.4 Å². The topological polar surface area (TPSA) is 92.4 Å². The van der Waals surface area contributed by atoms with Crippen LogP contribution < -0.4 is 5.32 Å². The van der Waals surface area contributed by atoms with Gasteiger partial charge in [-0.1, -0.05) is 42.5 Å². The molecule has 4 aromatic rings. The third kappa shape index (κ3) is 4.54. The standard InChI is InChI=1S/C25H21N5O3/c31-25(30(23-16-32-17-33-23)15-18-5-2-1-3-6-18)28-21-8-4-7-20(13-21)24-22(14-27-29-24)19-9-11-26-12-10-19/h1-14,16H,15,17H2,(H,27,29)(H,28,31). The molecule has 0 saturated heterocycles. The first-order valence-corrected chi connectivity index (χ1v) is 10.4. The molecule has 8 nitrogen and oxygen atoms in total. The summed E-state index contributed by atoms with van der Waals surface area (Å²) in [6.07, 6.45) is 6.72. The number of nitrogens with zero attached hydrogens (tertiary/aromatic N) is 3. The number of carbonyl (C=O) groups is 1. The molecule has 0 bridgehead atoms. The molecular weight excluding hydrogens is 418 g/mol. The van der Waals surface area contributed by atoms with E-state index in [2.05, 4.69) is 20.5 Å². The van der Waals surface area contributed by atoms with Crippen LogP contribution in [0.2, 0.25) is 0 Å². The van der Waals surface area contributed by atoms with Crippen molar-refractivity contribution in [3.05, 3.63) is 103 Å². The van der Waals surface area contributed by atoms with Gasteiger partial charge in [-0.05, 0) is 35.4 Å². The number of hydrogen-bond donors (Lipinski definition) is 2. The first-order chi connectivity index (χ1) is 16.3. The second-order valence-corrected chi connectivity index (χ2v) is 7.36. The monoisotopic (exact) mass is 439 g/mol. The van der Waals surface area contributed by atoms with Gasteiger partial charge in [0.1, 0.15) is 6.26 Å². The van der Waals surface area contributed by atoms with Gasteiger partial charge in [-0.3, -0.25) is 15.0 Å². The second-order valence-electron chi connectivity index (χ2n) is 7.36. The third-order valence-corrected chi connectivity index (χ3v) is 5.19. The molecule has 0 fully saturated rings. The average molecular weight is 439 g/mol. The van der Waals surface area contributed by atoms with Crippen LogP contribution in [-0.2, 0) is 16.0 Å². The van der Waals surface area contributed by atoms with E-state index in [1.807, 2.05) is 66.7 Å². The number of hydrogen-bond acceptors (Lipinski definition) is 5. The van der Waals surface area contributed by atoms with Crippen molar-refractivity contribution in [3.63, 3.8) is 0 Å². The fourth-order valence-electron chi connectivity index (χ4n) is 3.59. The van der Waals surface area contributed by atoms with Gasteiger partial charge < -0.3 is 14.8 Å². The Labute approximate surface area is 190 Å². The average Bonchev–Trinajstić information content (AvgIpc) is 3.56. The highest BCUT2D eigenvalue weighted by atomic mass is 16.7. The molecule has 164 valence electrons. The lowest BCUT2D eigenvalue weighted by Crippen LogP contribution is -2.34. The molecule has 3 heterocycles. The SMILES string of the molecule is O=C(Nc1cccc(-c2[nH]ncc2-c2ccncc2)c1)N(Cc1ccccc1)C1=COCO1. The maximum absolute atomic E-state index is 13.2. The minimum Gasteiger partial charge on any atom is -0.459 e. The van der Waals surface area contributed by atoms with Crippen LogP contribution in [-0.4, -0.2) is 32.9 Å². The molecule has 2 amide bonds. The number of rotatable bonds is 6. The van der Waals surface area contributed by atoms with Crippen molar-refractivity contribution >= 4 is 11.7 Å². The summed E-state index contributed by atoms with van der Waals surface area (Å²) < 4.78 is 10.7. The van der Waals surface area contributed by atoms with Crippen molar-refractivity contribution in [2.45, 2.75) is 6.54 Å². The predicted molar refractivity (Wildman–Crippen MR) is 123 cm³/mol. The van der Waals surface area contributed by atoms with Gasteiger partial charge in [0.15, 0.2) is 0 Å². The van der Waals surface area contributed by atoms with Gasteiger partial charge in [-0.25, -0.2) is 4.79 Å². The number of nitrogens with one attached hydrogen (secondary N) is 2. The number of amides is 2. The summed E-state index contributed by atoms with van der Waals surface area (Å²) in [5, 5.41) is 10.2. The predicted octanol–water partition coefficient (Wildman–Crippen LogP) is 4.98. The van der Waals surface area contributed by atoms with Gasteiger partial charge in [-0.15, -0.1) is 0 Å². The van der Waals surface area contributed by atoms with Crippen LogP contribution >= 0.6 is 0 Å². The number of carbonyl (C=O) groups excluding carboxylic acids is 1. The Kier molecular flexibility index (Phi) is 5.71. The maximum atomic E-state index is 13.2. The summed E-state index contributed by atoms with van der Waals surface area (Å²) in [5.41, 5.74) is 5.32. The summed E-state index contributed by atoms with van der Waals surface area (Å²) in [4.78, 5) is 18.8. The number of ether oxygens (including phenoxy) is 2. The minimum atomic E-state index is -0.327. The fourth-order valence-corrected chi connectivity index (χ4v) is 3.59. The van der Waals surface area contributed by atoms with Crippen LogP contribution in [0.1, 0.15) is 5.56 Å². The van der Waals surface area contributed by atoms with Gasteiger partial charge in [0.25, 0.3) is 0 Å². The van der Waals surface area contributed by atoms with Crippen molar-refractivity contribution in [1.29, 1.82) is 0 Å². The number of benzene rings is 2. The summed E-state index contributed by atoms with van der Waals surface area (Å²) in [6, 6.07) is 20.8. The Bertz CT molecular complexity index is 1270. The molecule has 0 atom stereocenters. The van der Waals surface area contributed by atoms with Gasteiger partial charge >= 0.3 is 6.03 Å². The third-order valence-electron chi connectivity index (χ3n) is 5.19. The lowest BCUT2D eigenvalue weighted by atomic mass is 10.0. The van der Waals surface area contributed by atoms with E-state index in [4.69, 9.17) is 9.47 Å². The Balaban J connectivity index is 1.39. The minimum absolute atomic E-state index is 0.0843. The van der Waals surface area contributed by atoms with Crippen LogP contribution in [0.4, 0.5) is 10.5 Å². The smallest absolute Gasteiger partial charge is 0.329 e. The van der Waals surface area contributed by atoms with Crippen molar-refractivity contribution < 1.29 is 14.3 Å². The summed E-state index contributed by atoms with van der Waals surface area (Å²) in [5.74, 6) is 0.362. The van der Waals surface area contributed by atoms with E-state index < -0.39 is 0 Å². The van der Waals surface area contributed by atoms with Gasteiger partial charge in [0.2, 0.25) is 12.7 Å². The van der Waals surface area contributed by atoms with E-state index in [1.165, 1.54) is 11.2 Å². The molecular formula is C25H21N5O3. The molecule has 0 spiro atoms. The molecule has 5 rings (SSSR count). The molecule has 0 aliphatic carbocycles. The zero-order valence-electron chi connectivity index (χ0n) is 17.6. The molecule has 2 aromatic carbocycles. The lowest BCUT2D eigenvalue weighted by molar-refractivity contribution is 0.0554. The van der Waals surface area contributed by atoms with Gasteiger partial charge in [-0.2, -0.15) is 5.10 Å². The maximum Gasteiger partial charge on any atom is 0.329 e. The van der Waals surface area contributed by atoms with Gasteiger partial charge in [0.05, 0.1) is 18.4 Å². The highest BCUT2D eigenvalue weighted by Crippen LogP contribution is 2.31. The number of H-pyrrole nitrogens is 1. The van der Waals surface area contributed by atoms with Crippen LogP contribution in [0, 0.1) is 0 Å². The quantitative estimate of drug-likeness (QED) is 0.442. The summed E-state index contributed by atoms with van der Waals surface area (Å²) in [6.45, 7) is 0.426. The van der Waals surface area contributed by atoms with Gasteiger partial charge in [0, 0.05) is 29.2 Å². The van der Waals surface area contributed by atoms with Crippen molar-refractivity contribution in [3.8, 4) is 22.4 Å². The summed E-state index contributed by atoms with van der Waals surface area (Å²) in [7, 11) is 0. The molecule has 8 heteroatoms. The van der Waals surface area contributed by atoms with E-state index >= 15 is 0 Å².